The molecule has 2 N–H and O–H groups in total. The van der Waals surface area contributed by atoms with Crippen molar-refractivity contribution in [3.8, 4) is 0 Å². The van der Waals surface area contributed by atoms with Crippen molar-refractivity contribution in [2.45, 2.75) is 52.6 Å². The Labute approximate surface area is 244 Å². The Hall–Kier alpha value is -4.44. The Morgan fingerprint density at radius 2 is 1.86 bits per heavy atom. The third-order valence-corrected chi connectivity index (χ3v) is 7.75. The normalized spacial score (nSPS) is 14.2. The minimum Gasteiger partial charge on any atom is -0.481 e. The number of carboxylic acid groups (broad SMARTS) is 1. The fourth-order valence-corrected chi connectivity index (χ4v) is 5.42. The summed E-state index contributed by atoms with van der Waals surface area (Å²) in [6.45, 7) is 8.54. The molecule has 2 aromatic heterocycles. The molecular weight excluding hydrogens is 534 g/mol. The summed E-state index contributed by atoms with van der Waals surface area (Å²) in [7, 11) is 0. The maximum atomic E-state index is 13.7. The van der Waals surface area contributed by atoms with Crippen molar-refractivity contribution in [1.82, 2.24) is 19.2 Å². The number of amides is 2. The highest BCUT2D eigenvalue weighted by molar-refractivity contribution is 6.00. The number of morpholine rings is 1. The van der Waals surface area contributed by atoms with Gasteiger partial charge in [0.25, 0.3) is 5.91 Å². The molecule has 10 heteroatoms. The van der Waals surface area contributed by atoms with E-state index in [2.05, 4.69) is 10.4 Å². The summed E-state index contributed by atoms with van der Waals surface area (Å²) >= 11 is 0. The Kier molecular flexibility index (Phi) is 8.72. The van der Waals surface area contributed by atoms with Crippen LogP contribution in [0.5, 0.6) is 0 Å². The van der Waals surface area contributed by atoms with Gasteiger partial charge in [0.15, 0.2) is 0 Å². The summed E-state index contributed by atoms with van der Waals surface area (Å²) in [5.74, 6) is -1.09. The van der Waals surface area contributed by atoms with E-state index in [4.69, 9.17) is 9.84 Å². The lowest BCUT2D eigenvalue weighted by Crippen LogP contribution is -2.40. The van der Waals surface area contributed by atoms with Crippen LogP contribution < -0.4 is 5.32 Å². The molecule has 1 unspecified atom stereocenters. The quantitative estimate of drug-likeness (QED) is 0.288. The van der Waals surface area contributed by atoms with Gasteiger partial charge in [-0.25, -0.2) is 0 Å². The van der Waals surface area contributed by atoms with Crippen molar-refractivity contribution in [3.63, 3.8) is 0 Å². The first-order valence-corrected chi connectivity index (χ1v) is 14.3. The lowest BCUT2D eigenvalue weighted by Gasteiger charge is -2.27. The van der Waals surface area contributed by atoms with Crippen LogP contribution in [-0.4, -0.2) is 68.4 Å². The minimum atomic E-state index is -0.846. The van der Waals surface area contributed by atoms with E-state index < -0.39 is 12.0 Å². The van der Waals surface area contributed by atoms with Gasteiger partial charge in [-0.3, -0.25) is 19.1 Å². The van der Waals surface area contributed by atoms with E-state index in [1.54, 1.807) is 11.1 Å². The molecule has 0 spiro atoms. The van der Waals surface area contributed by atoms with E-state index in [0.29, 0.717) is 56.9 Å². The summed E-state index contributed by atoms with van der Waals surface area (Å²) in [6, 6.07) is 11.0. The van der Waals surface area contributed by atoms with Crippen LogP contribution in [0.15, 0.2) is 55.0 Å². The number of carbonyl (C=O) groups is 3. The van der Waals surface area contributed by atoms with E-state index in [0.717, 1.165) is 33.2 Å². The number of carboxylic acids is 1. The van der Waals surface area contributed by atoms with Gasteiger partial charge in [-0.1, -0.05) is 18.2 Å². The average Bonchev–Trinajstić information content (AvgIpc) is 3.55. The van der Waals surface area contributed by atoms with E-state index in [1.807, 2.05) is 78.8 Å². The fourth-order valence-electron chi connectivity index (χ4n) is 5.42. The number of hydrogen-bond donors (Lipinski definition) is 2. The number of nitrogens with zero attached hydrogens (tertiary/aromatic N) is 4. The summed E-state index contributed by atoms with van der Waals surface area (Å²) in [5, 5.41) is 17.6. The van der Waals surface area contributed by atoms with Crippen LogP contribution in [0.1, 0.15) is 58.4 Å². The SMILES string of the molecule is Cc1cnn(Cc2ccc(CCCC(=O)O)c(NC(=O)C(C)n3cc(C)c4ccc(C(=O)N5CCOCC5)cc43)c2)c1. The largest absolute Gasteiger partial charge is 0.481 e. The lowest BCUT2D eigenvalue weighted by molar-refractivity contribution is -0.137. The van der Waals surface area contributed by atoms with E-state index >= 15 is 0 Å². The van der Waals surface area contributed by atoms with E-state index in [9.17, 15) is 14.4 Å². The number of aliphatic carboxylic acids is 1. The van der Waals surface area contributed by atoms with Crippen LogP contribution in [0.2, 0.25) is 0 Å². The van der Waals surface area contributed by atoms with Gasteiger partial charge in [-0.2, -0.15) is 5.10 Å². The summed E-state index contributed by atoms with van der Waals surface area (Å²) < 4.78 is 9.14. The van der Waals surface area contributed by atoms with Crippen molar-refractivity contribution in [1.29, 1.82) is 0 Å². The molecule has 4 aromatic rings. The molecule has 220 valence electrons. The molecule has 3 heterocycles. The maximum absolute atomic E-state index is 13.7. The van der Waals surface area contributed by atoms with Crippen LogP contribution in [0, 0.1) is 13.8 Å². The summed E-state index contributed by atoms with van der Waals surface area (Å²) in [4.78, 5) is 39.8. The van der Waals surface area contributed by atoms with Crippen LogP contribution in [-0.2, 0) is 27.3 Å². The maximum Gasteiger partial charge on any atom is 0.303 e. The molecule has 0 saturated carbocycles. The van der Waals surface area contributed by atoms with Crippen LogP contribution in [0.3, 0.4) is 0 Å². The van der Waals surface area contributed by atoms with Gasteiger partial charge in [0.05, 0.1) is 26.0 Å². The molecule has 1 fully saturated rings. The number of aromatic nitrogens is 3. The second-order valence-corrected chi connectivity index (χ2v) is 11.0. The monoisotopic (exact) mass is 571 g/mol. The molecule has 0 radical (unpaired) electrons. The highest BCUT2D eigenvalue weighted by Gasteiger charge is 2.23. The van der Waals surface area contributed by atoms with Crippen LogP contribution >= 0.6 is 0 Å². The minimum absolute atomic E-state index is 0.0436. The van der Waals surface area contributed by atoms with Gasteiger partial charge < -0.3 is 24.6 Å². The first-order chi connectivity index (χ1) is 20.2. The topological polar surface area (TPSA) is 119 Å². The van der Waals surface area contributed by atoms with E-state index in [-0.39, 0.29) is 18.2 Å². The fraction of sp³-hybridized carbons (Fsp3) is 0.375. The van der Waals surface area contributed by atoms with Gasteiger partial charge in [-0.05, 0) is 74.1 Å². The summed E-state index contributed by atoms with van der Waals surface area (Å²) in [6.07, 6.45) is 6.75. The smallest absolute Gasteiger partial charge is 0.303 e. The lowest BCUT2D eigenvalue weighted by atomic mass is 10.0. The molecule has 1 aliphatic rings. The number of carbonyl (C=O) groups excluding carboxylic acids is 2. The molecule has 0 bridgehead atoms. The molecule has 2 aromatic carbocycles. The predicted octanol–water partition coefficient (Wildman–Crippen LogP) is 4.58. The highest BCUT2D eigenvalue weighted by atomic mass is 16.5. The second-order valence-electron chi connectivity index (χ2n) is 11.0. The summed E-state index contributed by atoms with van der Waals surface area (Å²) in [5.41, 5.74) is 5.99. The van der Waals surface area contributed by atoms with Gasteiger partial charge in [0.2, 0.25) is 5.91 Å². The number of rotatable bonds is 10. The molecule has 0 aliphatic carbocycles. The Morgan fingerprint density at radius 1 is 1.07 bits per heavy atom. The Bertz CT molecular complexity index is 1610. The Morgan fingerprint density at radius 3 is 2.57 bits per heavy atom. The molecule has 1 saturated heterocycles. The first kappa shape index (κ1) is 29.1. The van der Waals surface area contributed by atoms with Gasteiger partial charge in [0, 0.05) is 54.1 Å². The molecule has 5 rings (SSSR count). The molecule has 1 aliphatic heterocycles. The number of fused-ring (bicyclic) bond motifs is 1. The zero-order valence-corrected chi connectivity index (χ0v) is 24.3. The average molecular weight is 572 g/mol. The Balaban J connectivity index is 1.40. The molecular formula is C32H37N5O5. The third kappa shape index (κ3) is 6.54. The van der Waals surface area contributed by atoms with Crippen molar-refractivity contribution in [2.75, 3.05) is 31.6 Å². The van der Waals surface area contributed by atoms with Gasteiger partial charge >= 0.3 is 5.97 Å². The standard InChI is InChI=1S/C32H37N5O5/c1-21-17-33-36(18-21)20-24-7-8-25(5-4-6-30(38)39)28(15-24)34-31(40)23(3)37-19-22(2)27-10-9-26(16-29(27)37)32(41)35-11-13-42-14-12-35/h7-10,15-19,23H,4-6,11-14,20H2,1-3H3,(H,34,40)(H,38,39). The van der Waals surface area contributed by atoms with Crippen molar-refractivity contribution in [3.05, 3.63) is 82.8 Å². The number of nitrogens with one attached hydrogen (secondary N) is 1. The van der Waals surface area contributed by atoms with Gasteiger partial charge in [-0.15, -0.1) is 0 Å². The number of aryl methyl sites for hydroxylation is 3. The van der Waals surface area contributed by atoms with Gasteiger partial charge in [0.1, 0.15) is 6.04 Å². The molecule has 2 amide bonds. The van der Waals surface area contributed by atoms with Crippen molar-refractivity contribution < 1.29 is 24.2 Å². The van der Waals surface area contributed by atoms with Crippen molar-refractivity contribution >= 4 is 34.4 Å². The van der Waals surface area contributed by atoms with E-state index in [1.165, 1.54) is 0 Å². The predicted molar refractivity (Wildman–Crippen MR) is 160 cm³/mol. The third-order valence-electron chi connectivity index (χ3n) is 7.75. The number of anilines is 1. The first-order valence-electron chi connectivity index (χ1n) is 14.3. The zero-order valence-electron chi connectivity index (χ0n) is 24.3. The molecule has 10 nitrogen and oxygen atoms in total. The number of benzene rings is 2. The second kappa shape index (κ2) is 12.6. The number of hydrogen-bond acceptors (Lipinski definition) is 5. The molecule has 1 atom stereocenters. The molecule has 42 heavy (non-hydrogen) atoms. The van der Waals surface area contributed by atoms with Crippen LogP contribution in [0.4, 0.5) is 5.69 Å². The van der Waals surface area contributed by atoms with Crippen molar-refractivity contribution in [2.24, 2.45) is 0 Å². The number of ether oxygens (including phenoxy) is 1. The zero-order chi connectivity index (χ0) is 29.8. The van der Waals surface area contributed by atoms with Crippen LogP contribution in [0.25, 0.3) is 10.9 Å². The highest BCUT2D eigenvalue weighted by Crippen LogP contribution is 2.28.